The number of carbonyl (C=O) groups excluding carboxylic acids is 1. The quantitative estimate of drug-likeness (QED) is 0.852. The number of pyridine rings is 1. The minimum atomic E-state index is -0.0799. The zero-order valence-corrected chi connectivity index (χ0v) is 12.4. The lowest BCUT2D eigenvalue weighted by Gasteiger charge is -2.32. The third-order valence-electron chi connectivity index (χ3n) is 3.22. The Labute approximate surface area is 120 Å². The second kappa shape index (κ2) is 6.67. The van der Waals surface area contributed by atoms with Gasteiger partial charge in [0.25, 0.3) is 5.91 Å². The van der Waals surface area contributed by atoms with E-state index in [2.05, 4.69) is 27.7 Å². The van der Waals surface area contributed by atoms with E-state index in [1.54, 1.807) is 18.3 Å². The number of hydrogen-bond acceptors (Lipinski definition) is 5. The van der Waals surface area contributed by atoms with Crippen molar-refractivity contribution in [2.45, 2.75) is 19.9 Å². The molecule has 110 valence electrons. The number of piperazine rings is 1. The summed E-state index contributed by atoms with van der Waals surface area (Å²) in [5.41, 5.74) is 3.58. The summed E-state index contributed by atoms with van der Waals surface area (Å²) in [6.07, 6.45) is 1.66. The SMILES string of the molecule is CC(C)Nc1cc(C(=O)NN2CCN(C)CC2)ccn1. The lowest BCUT2D eigenvalue weighted by Crippen LogP contribution is -2.52. The van der Waals surface area contributed by atoms with Crippen molar-refractivity contribution in [3.63, 3.8) is 0 Å². The van der Waals surface area contributed by atoms with Crippen LogP contribution < -0.4 is 10.7 Å². The van der Waals surface area contributed by atoms with Gasteiger partial charge in [-0.05, 0) is 33.0 Å². The van der Waals surface area contributed by atoms with Crippen molar-refractivity contribution in [3.8, 4) is 0 Å². The fourth-order valence-electron chi connectivity index (χ4n) is 2.07. The van der Waals surface area contributed by atoms with Crippen molar-refractivity contribution in [1.82, 2.24) is 20.3 Å². The van der Waals surface area contributed by atoms with Crippen LogP contribution in [0.3, 0.4) is 0 Å². The Bertz CT molecular complexity index is 455. The molecule has 0 atom stereocenters. The van der Waals surface area contributed by atoms with Crippen LogP contribution in [0.1, 0.15) is 24.2 Å². The molecule has 0 unspecified atom stereocenters. The molecule has 1 amide bonds. The predicted octanol–water partition coefficient (Wildman–Crippen LogP) is 0.794. The Morgan fingerprint density at radius 2 is 2.00 bits per heavy atom. The van der Waals surface area contributed by atoms with Crippen LogP contribution in [0.5, 0.6) is 0 Å². The number of amides is 1. The fraction of sp³-hybridized carbons (Fsp3) is 0.571. The number of aromatic nitrogens is 1. The Morgan fingerprint density at radius 1 is 1.30 bits per heavy atom. The maximum absolute atomic E-state index is 12.2. The van der Waals surface area contributed by atoms with Crippen LogP contribution in [0.4, 0.5) is 5.82 Å². The van der Waals surface area contributed by atoms with E-state index in [0.717, 1.165) is 32.0 Å². The summed E-state index contributed by atoms with van der Waals surface area (Å²) < 4.78 is 0. The van der Waals surface area contributed by atoms with Crippen LogP contribution in [0.2, 0.25) is 0 Å². The molecular weight excluding hydrogens is 254 g/mol. The van der Waals surface area contributed by atoms with Crippen LogP contribution in [0, 0.1) is 0 Å². The zero-order chi connectivity index (χ0) is 14.5. The van der Waals surface area contributed by atoms with Crippen molar-refractivity contribution in [3.05, 3.63) is 23.9 Å². The van der Waals surface area contributed by atoms with Crippen LogP contribution >= 0.6 is 0 Å². The van der Waals surface area contributed by atoms with Gasteiger partial charge in [-0.2, -0.15) is 0 Å². The van der Waals surface area contributed by atoms with Gasteiger partial charge in [0.1, 0.15) is 5.82 Å². The normalized spacial score (nSPS) is 17.2. The molecule has 2 heterocycles. The molecule has 6 nitrogen and oxygen atoms in total. The number of hydrogen-bond donors (Lipinski definition) is 2. The molecule has 1 saturated heterocycles. The van der Waals surface area contributed by atoms with Crippen molar-refractivity contribution in [2.24, 2.45) is 0 Å². The largest absolute Gasteiger partial charge is 0.368 e. The number of carbonyl (C=O) groups is 1. The number of hydrazine groups is 1. The van der Waals surface area contributed by atoms with Gasteiger partial charge in [0.2, 0.25) is 0 Å². The van der Waals surface area contributed by atoms with Gasteiger partial charge in [-0.25, -0.2) is 9.99 Å². The van der Waals surface area contributed by atoms with Crippen molar-refractivity contribution < 1.29 is 4.79 Å². The van der Waals surface area contributed by atoms with Crippen LogP contribution in [0.25, 0.3) is 0 Å². The second-order valence-corrected chi connectivity index (χ2v) is 5.46. The number of nitrogens with zero attached hydrogens (tertiary/aromatic N) is 3. The summed E-state index contributed by atoms with van der Waals surface area (Å²) in [6.45, 7) is 7.72. The average Bonchev–Trinajstić information content (AvgIpc) is 2.41. The lowest BCUT2D eigenvalue weighted by atomic mass is 10.2. The minimum absolute atomic E-state index is 0.0799. The Kier molecular flexibility index (Phi) is 4.92. The molecule has 1 aromatic rings. The molecule has 2 rings (SSSR count). The van der Waals surface area contributed by atoms with Gasteiger partial charge >= 0.3 is 0 Å². The van der Waals surface area contributed by atoms with E-state index < -0.39 is 0 Å². The summed E-state index contributed by atoms with van der Waals surface area (Å²) >= 11 is 0. The lowest BCUT2D eigenvalue weighted by molar-refractivity contribution is 0.0662. The van der Waals surface area contributed by atoms with E-state index in [4.69, 9.17) is 0 Å². The molecule has 1 aliphatic heterocycles. The molecule has 0 saturated carbocycles. The molecule has 0 bridgehead atoms. The van der Waals surface area contributed by atoms with Crippen LogP contribution in [-0.2, 0) is 0 Å². The first-order chi connectivity index (χ1) is 9.54. The fourth-order valence-corrected chi connectivity index (χ4v) is 2.07. The Hall–Kier alpha value is -1.66. The van der Waals surface area contributed by atoms with Crippen molar-refractivity contribution in [2.75, 3.05) is 38.5 Å². The number of anilines is 1. The standard InChI is InChI=1S/C14H23N5O/c1-11(2)16-13-10-12(4-5-15-13)14(20)17-19-8-6-18(3)7-9-19/h4-5,10-11H,6-9H2,1-3H3,(H,15,16)(H,17,20). The van der Waals surface area contributed by atoms with Gasteiger partial charge in [-0.3, -0.25) is 10.2 Å². The smallest absolute Gasteiger partial charge is 0.265 e. The zero-order valence-electron chi connectivity index (χ0n) is 12.4. The molecule has 20 heavy (non-hydrogen) atoms. The third-order valence-corrected chi connectivity index (χ3v) is 3.22. The van der Waals surface area contributed by atoms with E-state index >= 15 is 0 Å². The van der Waals surface area contributed by atoms with E-state index in [0.29, 0.717) is 11.6 Å². The molecule has 1 aliphatic rings. The summed E-state index contributed by atoms with van der Waals surface area (Å²) in [5.74, 6) is 0.648. The molecule has 6 heteroatoms. The van der Waals surface area contributed by atoms with Gasteiger partial charge in [0.05, 0.1) is 0 Å². The molecule has 0 spiro atoms. The molecule has 1 fully saturated rings. The first-order valence-electron chi connectivity index (χ1n) is 7.01. The summed E-state index contributed by atoms with van der Waals surface area (Å²) in [6, 6.07) is 3.81. The van der Waals surface area contributed by atoms with Crippen molar-refractivity contribution >= 4 is 11.7 Å². The third kappa shape index (κ3) is 4.18. The second-order valence-electron chi connectivity index (χ2n) is 5.46. The molecule has 2 N–H and O–H groups in total. The summed E-state index contributed by atoms with van der Waals surface area (Å²) in [7, 11) is 2.09. The van der Waals surface area contributed by atoms with Gasteiger partial charge in [0.15, 0.2) is 0 Å². The van der Waals surface area contributed by atoms with Crippen LogP contribution in [0.15, 0.2) is 18.3 Å². The highest BCUT2D eigenvalue weighted by Crippen LogP contribution is 2.08. The number of rotatable bonds is 4. The maximum atomic E-state index is 12.2. The van der Waals surface area contributed by atoms with E-state index in [1.165, 1.54) is 0 Å². The van der Waals surface area contributed by atoms with Crippen LogP contribution in [-0.4, -0.2) is 60.1 Å². The highest BCUT2D eigenvalue weighted by molar-refractivity contribution is 5.94. The monoisotopic (exact) mass is 277 g/mol. The predicted molar refractivity (Wildman–Crippen MR) is 79.5 cm³/mol. The molecule has 0 aromatic carbocycles. The van der Waals surface area contributed by atoms with Gasteiger partial charge in [-0.15, -0.1) is 0 Å². The highest BCUT2D eigenvalue weighted by atomic mass is 16.2. The summed E-state index contributed by atoms with van der Waals surface area (Å²) in [5, 5.41) is 5.17. The molecule has 0 radical (unpaired) electrons. The number of likely N-dealkylation sites (N-methyl/N-ethyl adjacent to an activating group) is 1. The topological polar surface area (TPSA) is 60.5 Å². The average molecular weight is 277 g/mol. The van der Waals surface area contributed by atoms with E-state index in [9.17, 15) is 4.79 Å². The maximum Gasteiger partial charge on any atom is 0.265 e. The molecule has 1 aromatic heterocycles. The van der Waals surface area contributed by atoms with Gasteiger partial charge < -0.3 is 10.2 Å². The first-order valence-corrected chi connectivity index (χ1v) is 7.01. The first kappa shape index (κ1) is 14.7. The van der Waals surface area contributed by atoms with Gasteiger partial charge in [-0.1, -0.05) is 0 Å². The summed E-state index contributed by atoms with van der Waals surface area (Å²) in [4.78, 5) is 18.7. The molecule has 0 aliphatic carbocycles. The Balaban J connectivity index is 1.95. The van der Waals surface area contributed by atoms with Crippen molar-refractivity contribution in [1.29, 1.82) is 0 Å². The van der Waals surface area contributed by atoms with E-state index in [1.807, 2.05) is 18.9 Å². The highest BCUT2D eigenvalue weighted by Gasteiger charge is 2.16. The molecular formula is C14H23N5O. The Morgan fingerprint density at radius 3 is 2.65 bits per heavy atom. The number of nitrogens with one attached hydrogen (secondary N) is 2. The minimum Gasteiger partial charge on any atom is -0.368 e. The van der Waals surface area contributed by atoms with E-state index in [-0.39, 0.29) is 5.91 Å². The van der Waals surface area contributed by atoms with Gasteiger partial charge in [0, 0.05) is 44.0 Å².